The van der Waals surface area contributed by atoms with Crippen LogP contribution < -0.4 is 0 Å². The Kier molecular flexibility index (Phi) is 6.47. The fourth-order valence-electron chi connectivity index (χ4n) is 4.00. The Morgan fingerprint density at radius 3 is 1.23 bits per heavy atom. The van der Waals surface area contributed by atoms with Gasteiger partial charge in [-0.25, -0.2) is 9.59 Å². The van der Waals surface area contributed by atoms with Crippen molar-refractivity contribution < 1.29 is 19.1 Å². The fraction of sp³-hybridized carbons (Fsp3) is 0.778. The van der Waals surface area contributed by atoms with Crippen LogP contribution >= 0.6 is 0 Å². The number of esters is 2. The van der Waals surface area contributed by atoms with Crippen molar-refractivity contribution in [3.05, 3.63) is 11.1 Å². The van der Waals surface area contributed by atoms with Crippen molar-refractivity contribution in [2.24, 2.45) is 11.8 Å². The summed E-state index contributed by atoms with van der Waals surface area (Å²) in [5.74, 6) is -0.370. The number of ether oxygens (including phenoxy) is 2. The summed E-state index contributed by atoms with van der Waals surface area (Å²) >= 11 is 0. The van der Waals surface area contributed by atoms with Crippen molar-refractivity contribution in [3.8, 4) is 0 Å². The second-order valence-corrected chi connectivity index (χ2v) is 6.48. The van der Waals surface area contributed by atoms with E-state index < -0.39 is 0 Å². The van der Waals surface area contributed by atoms with E-state index in [4.69, 9.17) is 9.47 Å². The molecule has 0 aromatic heterocycles. The largest absolute Gasteiger partial charge is 0.466 e. The maximum Gasteiger partial charge on any atom is 0.334 e. The molecule has 2 rings (SSSR count). The lowest BCUT2D eigenvalue weighted by Gasteiger charge is -2.29. The lowest BCUT2D eigenvalue weighted by atomic mass is 9.75. The predicted molar refractivity (Wildman–Crippen MR) is 84.2 cm³/mol. The van der Waals surface area contributed by atoms with Crippen molar-refractivity contribution in [1.29, 1.82) is 0 Å². The first-order valence-electron chi connectivity index (χ1n) is 8.59. The third-order valence-electron chi connectivity index (χ3n) is 5.13. The molecule has 0 unspecified atom stereocenters. The molecule has 124 valence electrons. The van der Waals surface area contributed by atoms with Gasteiger partial charge in [-0.3, -0.25) is 0 Å². The van der Waals surface area contributed by atoms with Crippen LogP contribution in [0.3, 0.4) is 0 Å². The molecule has 0 saturated heterocycles. The second-order valence-electron chi connectivity index (χ2n) is 6.48. The zero-order valence-corrected chi connectivity index (χ0v) is 13.9. The van der Waals surface area contributed by atoms with Gasteiger partial charge in [0.2, 0.25) is 0 Å². The van der Waals surface area contributed by atoms with Gasteiger partial charge in [-0.1, -0.05) is 38.5 Å². The van der Waals surface area contributed by atoms with Crippen molar-refractivity contribution in [3.63, 3.8) is 0 Å². The van der Waals surface area contributed by atoms with Crippen LogP contribution in [0.2, 0.25) is 0 Å². The molecule has 0 spiro atoms. The summed E-state index contributed by atoms with van der Waals surface area (Å²) in [4.78, 5) is 24.9. The second kappa shape index (κ2) is 8.35. The molecule has 4 nitrogen and oxygen atoms in total. The van der Waals surface area contributed by atoms with Crippen LogP contribution in [-0.4, -0.2) is 26.2 Å². The minimum atomic E-state index is -0.335. The SMILES string of the molecule is COC(=O)C(=C(C(=O)OC)C1CCCCC1)C1CCCCC1. The van der Waals surface area contributed by atoms with Crippen molar-refractivity contribution >= 4 is 11.9 Å². The highest BCUT2D eigenvalue weighted by Crippen LogP contribution is 2.38. The van der Waals surface area contributed by atoms with Crippen molar-refractivity contribution in [2.75, 3.05) is 14.2 Å². The third-order valence-corrected chi connectivity index (χ3v) is 5.13. The summed E-state index contributed by atoms with van der Waals surface area (Å²) in [6.07, 6.45) is 10.8. The van der Waals surface area contributed by atoms with Gasteiger partial charge in [0.1, 0.15) is 0 Å². The molecule has 0 amide bonds. The fourth-order valence-corrected chi connectivity index (χ4v) is 4.00. The number of rotatable bonds is 4. The van der Waals surface area contributed by atoms with E-state index in [1.54, 1.807) is 0 Å². The van der Waals surface area contributed by atoms with Gasteiger partial charge in [0, 0.05) is 0 Å². The molecule has 0 aromatic rings. The van der Waals surface area contributed by atoms with Gasteiger partial charge in [0.25, 0.3) is 0 Å². The number of hydrogen-bond acceptors (Lipinski definition) is 4. The van der Waals surface area contributed by atoms with E-state index in [2.05, 4.69) is 0 Å². The zero-order chi connectivity index (χ0) is 15.9. The molecule has 0 atom stereocenters. The molecule has 0 heterocycles. The van der Waals surface area contributed by atoms with Gasteiger partial charge < -0.3 is 9.47 Å². The average Bonchev–Trinajstić information content (AvgIpc) is 2.59. The molecule has 2 aliphatic carbocycles. The van der Waals surface area contributed by atoms with Gasteiger partial charge in [-0.05, 0) is 37.5 Å². The smallest absolute Gasteiger partial charge is 0.334 e. The van der Waals surface area contributed by atoms with Gasteiger partial charge in [-0.15, -0.1) is 0 Å². The molecule has 4 heteroatoms. The summed E-state index contributed by atoms with van der Waals surface area (Å²) in [5, 5.41) is 0. The summed E-state index contributed by atoms with van der Waals surface area (Å²) in [5.41, 5.74) is 1.22. The van der Waals surface area contributed by atoms with Crippen molar-refractivity contribution in [1.82, 2.24) is 0 Å². The molecule has 0 bridgehead atoms. The van der Waals surface area contributed by atoms with E-state index in [1.807, 2.05) is 0 Å². The zero-order valence-electron chi connectivity index (χ0n) is 13.9. The summed E-state index contributed by atoms with van der Waals surface area (Å²) < 4.78 is 10.1. The van der Waals surface area contributed by atoms with Gasteiger partial charge in [-0.2, -0.15) is 0 Å². The van der Waals surface area contributed by atoms with Crippen LogP contribution in [0.4, 0.5) is 0 Å². The van der Waals surface area contributed by atoms with E-state index in [0.717, 1.165) is 51.4 Å². The first-order valence-corrected chi connectivity index (χ1v) is 8.59. The van der Waals surface area contributed by atoms with Crippen LogP contribution in [0, 0.1) is 11.8 Å². The highest BCUT2D eigenvalue weighted by Gasteiger charge is 2.34. The third kappa shape index (κ3) is 3.90. The highest BCUT2D eigenvalue weighted by molar-refractivity contribution is 6.01. The molecular weight excluding hydrogens is 280 g/mol. The highest BCUT2D eigenvalue weighted by atomic mass is 16.5. The van der Waals surface area contributed by atoms with Gasteiger partial charge in [0.05, 0.1) is 25.4 Å². The monoisotopic (exact) mass is 308 g/mol. The minimum absolute atomic E-state index is 0.150. The number of hydrogen-bond donors (Lipinski definition) is 0. The molecule has 0 aromatic carbocycles. The number of carbonyl (C=O) groups excluding carboxylic acids is 2. The molecule has 0 radical (unpaired) electrons. The average molecular weight is 308 g/mol. The van der Waals surface area contributed by atoms with Gasteiger partial charge >= 0.3 is 11.9 Å². The van der Waals surface area contributed by atoms with Crippen LogP contribution in [0.25, 0.3) is 0 Å². The van der Waals surface area contributed by atoms with E-state index >= 15 is 0 Å². The van der Waals surface area contributed by atoms with E-state index in [9.17, 15) is 9.59 Å². The van der Waals surface area contributed by atoms with E-state index in [-0.39, 0.29) is 23.8 Å². The van der Waals surface area contributed by atoms with E-state index in [0.29, 0.717) is 11.1 Å². The molecule has 2 fully saturated rings. The Hall–Kier alpha value is -1.32. The molecular formula is C18H28O4. The molecule has 0 aliphatic heterocycles. The topological polar surface area (TPSA) is 52.6 Å². The Morgan fingerprint density at radius 1 is 0.636 bits per heavy atom. The van der Waals surface area contributed by atoms with Crippen LogP contribution in [0.1, 0.15) is 64.2 Å². The lowest BCUT2D eigenvalue weighted by Crippen LogP contribution is -2.27. The van der Waals surface area contributed by atoms with Crippen LogP contribution in [-0.2, 0) is 19.1 Å². The normalized spacial score (nSPS) is 21.9. The predicted octanol–water partition coefficient (Wildman–Crippen LogP) is 3.79. The Balaban J connectivity index is 2.42. The summed E-state index contributed by atoms with van der Waals surface area (Å²) in [7, 11) is 2.81. The lowest BCUT2D eigenvalue weighted by molar-refractivity contribution is -0.140. The molecule has 22 heavy (non-hydrogen) atoms. The summed E-state index contributed by atoms with van der Waals surface area (Å²) in [6, 6.07) is 0. The number of methoxy groups -OCH3 is 2. The Labute approximate surface area is 133 Å². The first-order chi connectivity index (χ1) is 10.7. The number of carbonyl (C=O) groups is 2. The van der Waals surface area contributed by atoms with Crippen LogP contribution in [0.5, 0.6) is 0 Å². The first kappa shape index (κ1) is 17.0. The minimum Gasteiger partial charge on any atom is -0.466 e. The maximum atomic E-state index is 12.4. The molecule has 2 aliphatic rings. The van der Waals surface area contributed by atoms with Crippen LogP contribution in [0.15, 0.2) is 11.1 Å². The summed E-state index contributed by atoms with van der Waals surface area (Å²) in [6.45, 7) is 0. The Morgan fingerprint density at radius 2 is 0.955 bits per heavy atom. The molecule has 2 saturated carbocycles. The Bertz CT molecular complexity index is 386. The van der Waals surface area contributed by atoms with Crippen molar-refractivity contribution in [2.45, 2.75) is 64.2 Å². The standard InChI is InChI=1S/C18H28O4/c1-21-17(19)15(13-9-5-3-6-10-13)16(18(20)22-2)14-11-7-4-8-12-14/h13-14H,3-12H2,1-2H3. The quantitative estimate of drug-likeness (QED) is 0.585. The molecule has 0 N–H and O–H groups in total. The van der Waals surface area contributed by atoms with Gasteiger partial charge in [0.15, 0.2) is 0 Å². The maximum absolute atomic E-state index is 12.4. The van der Waals surface area contributed by atoms with E-state index in [1.165, 1.54) is 27.1 Å².